The maximum absolute atomic E-state index is 12.7. The number of benzene rings is 3. The molecule has 0 unspecified atom stereocenters. The standard InChI is InChI=1S/C22H18ClN3O3S2/c1-14-12-16(23)13-19-20(14)26(2)22(30-19)24-21(27)15-8-10-17(11-9-15)25-31(28,29)18-6-4-3-5-7-18/h3-13,25H,1-2H3. The molecule has 0 bridgehead atoms. The molecule has 0 aliphatic heterocycles. The first-order chi connectivity index (χ1) is 14.7. The zero-order valence-corrected chi connectivity index (χ0v) is 19.1. The highest BCUT2D eigenvalue weighted by Crippen LogP contribution is 2.25. The number of amides is 1. The molecule has 1 N–H and O–H groups in total. The second-order valence-electron chi connectivity index (χ2n) is 6.93. The van der Waals surface area contributed by atoms with Crippen LogP contribution in [0, 0.1) is 6.92 Å². The molecular weight excluding hydrogens is 454 g/mol. The number of carbonyl (C=O) groups is 1. The van der Waals surface area contributed by atoms with Gasteiger partial charge in [-0.1, -0.05) is 41.1 Å². The summed E-state index contributed by atoms with van der Waals surface area (Å²) in [7, 11) is -1.84. The molecule has 158 valence electrons. The van der Waals surface area contributed by atoms with Gasteiger partial charge in [-0.05, 0) is 61.0 Å². The summed E-state index contributed by atoms with van der Waals surface area (Å²) in [5.74, 6) is -0.414. The van der Waals surface area contributed by atoms with Crippen LogP contribution in [-0.2, 0) is 17.1 Å². The van der Waals surface area contributed by atoms with Gasteiger partial charge in [0.25, 0.3) is 15.9 Å². The van der Waals surface area contributed by atoms with Gasteiger partial charge in [-0.2, -0.15) is 4.99 Å². The van der Waals surface area contributed by atoms with Crippen molar-refractivity contribution in [2.24, 2.45) is 12.0 Å². The molecule has 0 atom stereocenters. The largest absolute Gasteiger partial charge is 0.319 e. The molecule has 1 amide bonds. The quantitative estimate of drug-likeness (QED) is 0.466. The number of rotatable bonds is 4. The Morgan fingerprint density at radius 3 is 2.42 bits per heavy atom. The second-order valence-corrected chi connectivity index (χ2v) is 10.1. The van der Waals surface area contributed by atoms with Crippen molar-refractivity contribution in [3.8, 4) is 0 Å². The maximum Gasteiger partial charge on any atom is 0.279 e. The minimum Gasteiger partial charge on any atom is -0.319 e. The van der Waals surface area contributed by atoms with Crippen LogP contribution in [0.1, 0.15) is 15.9 Å². The topological polar surface area (TPSA) is 80.5 Å². The van der Waals surface area contributed by atoms with Gasteiger partial charge in [0.2, 0.25) is 0 Å². The molecule has 0 aliphatic rings. The summed E-state index contributed by atoms with van der Waals surface area (Å²) in [5, 5.41) is 0.637. The van der Waals surface area contributed by atoms with Crippen LogP contribution in [0.2, 0.25) is 5.02 Å². The first-order valence-corrected chi connectivity index (χ1v) is 11.9. The van der Waals surface area contributed by atoms with Gasteiger partial charge in [0, 0.05) is 23.3 Å². The molecule has 0 radical (unpaired) electrons. The monoisotopic (exact) mass is 471 g/mol. The molecule has 0 fully saturated rings. The highest BCUT2D eigenvalue weighted by molar-refractivity contribution is 7.92. The van der Waals surface area contributed by atoms with Crippen molar-refractivity contribution in [1.82, 2.24) is 4.57 Å². The van der Waals surface area contributed by atoms with E-state index in [1.54, 1.807) is 30.3 Å². The Kier molecular flexibility index (Phi) is 5.70. The third-order valence-electron chi connectivity index (χ3n) is 4.69. The lowest BCUT2D eigenvalue weighted by atomic mass is 10.2. The molecule has 0 spiro atoms. The Labute approximate surface area is 188 Å². The van der Waals surface area contributed by atoms with Gasteiger partial charge in [-0.25, -0.2) is 8.42 Å². The smallest absolute Gasteiger partial charge is 0.279 e. The van der Waals surface area contributed by atoms with E-state index in [2.05, 4.69) is 9.71 Å². The summed E-state index contributed by atoms with van der Waals surface area (Å²) in [6.07, 6.45) is 0. The van der Waals surface area contributed by atoms with E-state index < -0.39 is 15.9 Å². The summed E-state index contributed by atoms with van der Waals surface area (Å²) < 4.78 is 30.2. The van der Waals surface area contributed by atoms with Crippen molar-refractivity contribution in [1.29, 1.82) is 0 Å². The summed E-state index contributed by atoms with van der Waals surface area (Å²) >= 11 is 7.52. The molecule has 6 nitrogen and oxygen atoms in total. The molecule has 0 saturated heterocycles. The number of carbonyl (C=O) groups excluding carboxylic acids is 1. The number of aryl methyl sites for hydroxylation is 2. The van der Waals surface area contributed by atoms with Crippen molar-refractivity contribution >= 4 is 54.8 Å². The number of anilines is 1. The number of nitrogens with zero attached hydrogens (tertiary/aromatic N) is 2. The number of fused-ring (bicyclic) bond motifs is 1. The number of hydrogen-bond donors (Lipinski definition) is 1. The highest BCUT2D eigenvalue weighted by Gasteiger charge is 2.14. The Hall–Kier alpha value is -2.94. The lowest BCUT2D eigenvalue weighted by Crippen LogP contribution is -2.14. The van der Waals surface area contributed by atoms with E-state index in [-0.39, 0.29) is 4.90 Å². The van der Waals surface area contributed by atoms with Crippen molar-refractivity contribution in [3.05, 3.63) is 87.7 Å². The molecular formula is C22H18ClN3O3S2. The number of hydrogen-bond acceptors (Lipinski definition) is 4. The van der Waals surface area contributed by atoms with Crippen LogP contribution in [-0.4, -0.2) is 18.9 Å². The van der Waals surface area contributed by atoms with Gasteiger partial charge in [0.1, 0.15) is 0 Å². The van der Waals surface area contributed by atoms with Crippen molar-refractivity contribution in [2.45, 2.75) is 11.8 Å². The first-order valence-electron chi connectivity index (χ1n) is 9.27. The molecule has 4 rings (SSSR count). The average Bonchev–Trinajstić information content (AvgIpc) is 3.04. The second kappa shape index (κ2) is 8.30. The SMILES string of the molecule is Cc1cc(Cl)cc2sc(=NC(=O)c3ccc(NS(=O)(=O)c4ccccc4)cc3)n(C)c12. The predicted octanol–water partition coefficient (Wildman–Crippen LogP) is 4.74. The van der Waals surface area contributed by atoms with Gasteiger partial charge in [-0.3, -0.25) is 9.52 Å². The van der Waals surface area contributed by atoms with E-state index >= 15 is 0 Å². The molecule has 4 aromatic rings. The number of thiazole rings is 1. The fraction of sp³-hybridized carbons (Fsp3) is 0.0909. The zero-order valence-electron chi connectivity index (χ0n) is 16.7. The summed E-state index contributed by atoms with van der Waals surface area (Å²) in [4.78, 5) is 17.6. The minimum absolute atomic E-state index is 0.165. The van der Waals surface area contributed by atoms with Gasteiger partial charge >= 0.3 is 0 Å². The molecule has 3 aromatic carbocycles. The van der Waals surface area contributed by atoms with E-state index in [1.165, 1.54) is 35.6 Å². The number of aromatic nitrogens is 1. The fourth-order valence-corrected chi connectivity index (χ4v) is 5.77. The lowest BCUT2D eigenvalue weighted by molar-refractivity contribution is 0.0998. The zero-order chi connectivity index (χ0) is 22.2. The molecule has 1 aromatic heterocycles. The highest BCUT2D eigenvalue weighted by atomic mass is 35.5. The van der Waals surface area contributed by atoms with E-state index in [4.69, 9.17) is 11.6 Å². The molecule has 9 heteroatoms. The molecule has 0 saturated carbocycles. The van der Waals surface area contributed by atoms with Crippen LogP contribution in [0.15, 0.2) is 76.6 Å². The van der Waals surface area contributed by atoms with Crippen molar-refractivity contribution < 1.29 is 13.2 Å². The minimum atomic E-state index is -3.69. The average molecular weight is 472 g/mol. The van der Waals surface area contributed by atoms with Crippen LogP contribution in [0.4, 0.5) is 5.69 Å². The van der Waals surface area contributed by atoms with Crippen LogP contribution in [0.3, 0.4) is 0 Å². The fourth-order valence-electron chi connectivity index (χ4n) is 3.22. The summed E-state index contributed by atoms with van der Waals surface area (Å²) in [6.45, 7) is 1.96. The number of sulfonamides is 1. The van der Waals surface area contributed by atoms with Gasteiger partial charge in [0.15, 0.2) is 4.80 Å². The third-order valence-corrected chi connectivity index (χ3v) is 7.38. The van der Waals surface area contributed by atoms with Crippen molar-refractivity contribution in [2.75, 3.05) is 4.72 Å². The predicted molar refractivity (Wildman–Crippen MR) is 124 cm³/mol. The number of halogens is 1. The third kappa shape index (κ3) is 4.41. The van der Waals surface area contributed by atoms with Crippen molar-refractivity contribution in [3.63, 3.8) is 0 Å². The van der Waals surface area contributed by atoms with Crippen LogP contribution < -0.4 is 9.52 Å². The lowest BCUT2D eigenvalue weighted by Gasteiger charge is -2.08. The summed E-state index contributed by atoms with van der Waals surface area (Å²) in [6, 6.07) is 18.0. The molecule has 0 aliphatic carbocycles. The Bertz CT molecular complexity index is 1460. The first kappa shape index (κ1) is 21.3. The Morgan fingerprint density at radius 1 is 1.06 bits per heavy atom. The van der Waals surface area contributed by atoms with Gasteiger partial charge in [-0.15, -0.1) is 0 Å². The van der Waals surface area contributed by atoms with Gasteiger partial charge in [0.05, 0.1) is 15.1 Å². The van der Waals surface area contributed by atoms with Crippen LogP contribution in [0.5, 0.6) is 0 Å². The van der Waals surface area contributed by atoms with E-state index in [9.17, 15) is 13.2 Å². The Balaban J connectivity index is 1.60. The Morgan fingerprint density at radius 2 is 1.74 bits per heavy atom. The van der Waals surface area contributed by atoms with Gasteiger partial charge < -0.3 is 4.57 Å². The van der Waals surface area contributed by atoms with E-state index in [1.807, 2.05) is 30.7 Å². The summed E-state index contributed by atoms with van der Waals surface area (Å²) in [5.41, 5.74) is 2.70. The van der Waals surface area contributed by atoms with Crippen LogP contribution in [0.25, 0.3) is 10.2 Å². The molecule has 31 heavy (non-hydrogen) atoms. The molecule has 1 heterocycles. The number of nitrogens with one attached hydrogen (secondary N) is 1. The maximum atomic E-state index is 12.7. The van der Waals surface area contributed by atoms with Crippen LogP contribution >= 0.6 is 22.9 Å². The van der Waals surface area contributed by atoms with E-state index in [0.717, 1.165) is 15.8 Å². The normalized spacial score (nSPS) is 12.3. The van der Waals surface area contributed by atoms with E-state index in [0.29, 0.717) is 21.1 Å².